The summed E-state index contributed by atoms with van der Waals surface area (Å²) in [6, 6.07) is 18.0. The highest BCUT2D eigenvalue weighted by atomic mass is 35.5. The molecule has 0 spiro atoms. The number of halogens is 3. The van der Waals surface area contributed by atoms with E-state index in [-0.39, 0.29) is 28.6 Å². The number of carbonyl (C=O) groups is 1. The first-order valence-corrected chi connectivity index (χ1v) is 11.3. The van der Waals surface area contributed by atoms with Gasteiger partial charge in [-0.05, 0) is 48.0 Å². The second kappa shape index (κ2) is 9.73. The predicted octanol–water partition coefficient (Wildman–Crippen LogP) is 5.62. The SMILES string of the molecule is O=C(CSc1nc2ccccc2c(=O)n1Cc1cccc(Cl)c1)Nc1cc(F)ccc1Cl. The van der Waals surface area contributed by atoms with Gasteiger partial charge in [0.15, 0.2) is 5.16 Å². The number of aromatic nitrogens is 2. The van der Waals surface area contributed by atoms with E-state index in [0.29, 0.717) is 21.1 Å². The Kier molecular flexibility index (Phi) is 6.79. The molecule has 0 bridgehead atoms. The van der Waals surface area contributed by atoms with Crippen LogP contribution >= 0.6 is 35.0 Å². The molecule has 32 heavy (non-hydrogen) atoms. The number of thioether (sulfide) groups is 1. The van der Waals surface area contributed by atoms with Gasteiger partial charge in [-0.15, -0.1) is 0 Å². The highest BCUT2D eigenvalue weighted by Crippen LogP contribution is 2.24. The van der Waals surface area contributed by atoms with E-state index >= 15 is 0 Å². The van der Waals surface area contributed by atoms with Crippen LogP contribution in [0.5, 0.6) is 0 Å². The van der Waals surface area contributed by atoms with E-state index in [1.54, 1.807) is 42.5 Å². The summed E-state index contributed by atoms with van der Waals surface area (Å²) in [5.41, 5.74) is 1.33. The normalized spacial score (nSPS) is 11.0. The first kappa shape index (κ1) is 22.3. The molecule has 162 valence electrons. The Morgan fingerprint density at radius 2 is 1.88 bits per heavy atom. The summed E-state index contributed by atoms with van der Waals surface area (Å²) in [6.07, 6.45) is 0. The largest absolute Gasteiger partial charge is 0.324 e. The number of anilines is 1. The van der Waals surface area contributed by atoms with Crippen LogP contribution in [0, 0.1) is 5.82 Å². The Labute approximate surface area is 197 Å². The standard InChI is InChI=1S/C23H16Cl2FN3O2S/c24-15-5-3-4-14(10-15)12-29-22(31)17-6-1-2-7-19(17)28-23(29)32-13-21(30)27-20-11-16(26)8-9-18(20)25/h1-11H,12-13H2,(H,27,30). The van der Waals surface area contributed by atoms with E-state index < -0.39 is 11.7 Å². The highest BCUT2D eigenvalue weighted by molar-refractivity contribution is 7.99. The fourth-order valence-electron chi connectivity index (χ4n) is 3.12. The zero-order valence-corrected chi connectivity index (χ0v) is 18.8. The molecule has 1 N–H and O–H groups in total. The summed E-state index contributed by atoms with van der Waals surface area (Å²) in [4.78, 5) is 30.2. The predicted molar refractivity (Wildman–Crippen MR) is 127 cm³/mol. The molecule has 0 atom stereocenters. The van der Waals surface area contributed by atoms with Crippen LogP contribution < -0.4 is 10.9 Å². The molecule has 0 aliphatic rings. The number of rotatable bonds is 6. The number of hydrogen-bond acceptors (Lipinski definition) is 4. The molecule has 9 heteroatoms. The molecule has 4 rings (SSSR count). The molecule has 0 fully saturated rings. The minimum absolute atomic E-state index is 0.0484. The van der Waals surface area contributed by atoms with Crippen LogP contribution in [0.3, 0.4) is 0 Å². The summed E-state index contributed by atoms with van der Waals surface area (Å²) in [5.74, 6) is -0.962. The van der Waals surface area contributed by atoms with Gasteiger partial charge in [0, 0.05) is 5.02 Å². The van der Waals surface area contributed by atoms with Gasteiger partial charge in [0.25, 0.3) is 5.56 Å². The fourth-order valence-corrected chi connectivity index (χ4v) is 4.30. The van der Waals surface area contributed by atoms with Gasteiger partial charge in [-0.2, -0.15) is 0 Å². The van der Waals surface area contributed by atoms with Crippen LogP contribution in [0.25, 0.3) is 10.9 Å². The van der Waals surface area contributed by atoms with E-state index in [1.165, 1.54) is 16.7 Å². The van der Waals surface area contributed by atoms with Crippen molar-refractivity contribution in [2.24, 2.45) is 0 Å². The number of hydrogen-bond donors (Lipinski definition) is 1. The summed E-state index contributed by atoms with van der Waals surface area (Å²) < 4.78 is 15.0. The monoisotopic (exact) mass is 487 g/mol. The van der Waals surface area contributed by atoms with Gasteiger partial charge in [0.05, 0.1) is 33.9 Å². The molecule has 4 aromatic rings. The Bertz CT molecular complexity index is 1380. The van der Waals surface area contributed by atoms with Gasteiger partial charge in [0.1, 0.15) is 5.82 Å². The topological polar surface area (TPSA) is 64.0 Å². The smallest absolute Gasteiger partial charge is 0.262 e. The van der Waals surface area contributed by atoms with Crippen LogP contribution in [0.15, 0.2) is 76.7 Å². The molecule has 0 aliphatic carbocycles. The molecule has 0 saturated carbocycles. The van der Waals surface area contributed by atoms with Gasteiger partial charge in [0.2, 0.25) is 5.91 Å². The third kappa shape index (κ3) is 5.12. The molecule has 5 nitrogen and oxygen atoms in total. The third-order valence-electron chi connectivity index (χ3n) is 4.59. The number of para-hydroxylation sites is 1. The van der Waals surface area contributed by atoms with Crippen molar-refractivity contribution in [1.29, 1.82) is 0 Å². The zero-order valence-electron chi connectivity index (χ0n) is 16.5. The van der Waals surface area contributed by atoms with E-state index in [9.17, 15) is 14.0 Å². The third-order valence-corrected chi connectivity index (χ3v) is 6.13. The Morgan fingerprint density at radius 1 is 1.06 bits per heavy atom. The van der Waals surface area contributed by atoms with Crippen LogP contribution in [0.1, 0.15) is 5.56 Å². The van der Waals surface area contributed by atoms with E-state index in [1.807, 2.05) is 6.07 Å². The lowest BCUT2D eigenvalue weighted by Gasteiger charge is -2.14. The molecular formula is C23H16Cl2FN3O2S. The lowest BCUT2D eigenvalue weighted by atomic mass is 10.2. The lowest BCUT2D eigenvalue weighted by Crippen LogP contribution is -2.25. The van der Waals surface area contributed by atoms with Gasteiger partial charge in [-0.1, -0.05) is 59.2 Å². The molecule has 3 aromatic carbocycles. The van der Waals surface area contributed by atoms with Crippen molar-refractivity contribution < 1.29 is 9.18 Å². The van der Waals surface area contributed by atoms with Crippen molar-refractivity contribution >= 4 is 57.5 Å². The number of carbonyl (C=O) groups excluding carboxylic acids is 1. The maximum absolute atomic E-state index is 13.5. The quantitative estimate of drug-likeness (QED) is 0.283. The molecule has 0 saturated heterocycles. The average molecular weight is 488 g/mol. The average Bonchev–Trinajstić information content (AvgIpc) is 2.77. The number of benzene rings is 3. The number of amides is 1. The van der Waals surface area contributed by atoms with Crippen LogP contribution in [0.2, 0.25) is 10.0 Å². The Hall–Kier alpha value is -2.87. The van der Waals surface area contributed by atoms with Crippen LogP contribution in [0.4, 0.5) is 10.1 Å². The summed E-state index contributed by atoms with van der Waals surface area (Å²) in [5, 5.41) is 4.24. The van der Waals surface area contributed by atoms with Gasteiger partial charge in [-0.25, -0.2) is 9.37 Å². The highest BCUT2D eigenvalue weighted by Gasteiger charge is 2.15. The fraction of sp³-hybridized carbons (Fsp3) is 0.0870. The first-order valence-electron chi connectivity index (χ1n) is 9.52. The Morgan fingerprint density at radius 3 is 2.69 bits per heavy atom. The van der Waals surface area contributed by atoms with Crippen molar-refractivity contribution in [3.63, 3.8) is 0 Å². The molecule has 1 aromatic heterocycles. The van der Waals surface area contributed by atoms with Gasteiger partial charge < -0.3 is 5.32 Å². The van der Waals surface area contributed by atoms with Crippen molar-refractivity contribution in [1.82, 2.24) is 9.55 Å². The summed E-state index contributed by atoms with van der Waals surface area (Å²) >= 11 is 13.2. The molecule has 0 aliphatic heterocycles. The first-order chi connectivity index (χ1) is 15.4. The van der Waals surface area contributed by atoms with Crippen molar-refractivity contribution in [2.75, 3.05) is 11.1 Å². The molecule has 0 radical (unpaired) electrons. The maximum Gasteiger partial charge on any atom is 0.262 e. The van der Waals surface area contributed by atoms with Gasteiger partial charge in [-0.3, -0.25) is 14.2 Å². The molecule has 1 heterocycles. The second-order valence-corrected chi connectivity index (χ2v) is 8.68. The summed E-state index contributed by atoms with van der Waals surface area (Å²) in [7, 11) is 0. The van der Waals surface area contributed by atoms with Crippen LogP contribution in [-0.4, -0.2) is 21.2 Å². The summed E-state index contributed by atoms with van der Waals surface area (Å²) in [6.45, 7) is 0.247. The van der Waals surface area contributed by atoms with Crippen molar-refractivity contribution in [2.45, 2.75) is 11.7 Å². The maximum atomic E-state index is 13.5. The number of fused-ring (bicyclic) bond motifs is 1. The van der Waals surface area contributed by atoms with E-state index in [2.05, 4.69) is 10.3 Å². The van der Waals surface area contributed by atoms with E-state index in [0.717, 1.165) is 23.4 Å². The second-order valence-electron chi connectivity index (χ2n) is 6.89. The molecule has 1 amide bonds. The minimum Gasteiger partial charge on any atom is -0.324 e. The zero-order chi connectivity index (χ0) is 22.7. The molecule has 0 unspecified atom stereocenters. The van der Waals surface area contributed by atoms with Gasteiger partial charge >= 0.3 is 0 Å². The van der Waals surface area contributed by atoms with Crippen LogP contribution in [-0.2, 0) is 11.3 Å². The number of nitrogens with one attached hydrogen (secondary N) is 1. The van der Waals surface area contributed by atoms with Crippen molar-refractivity contribution in [3.05, 3.63) is 98.5 Å². The van der Waals surface area contributed by atoms with E-state index in [4.69, 9.17) is 23.2 Å². The lowest BCUT2D eigenvalue weighted by molar-refractivity contribution is -0.113. The molecular weight excluding hydrogens is 472 g/mol. The Balaban J connectivity index is 1.62. The number of nitrogens with zero attached hydrogens (tertiary/aromatic N) is 2. The van der Waals surface area contributed by atoms with Crippen molar-refractivity contribution in [3.8, 4) is 0 Å². The minimum atomic E-state index is -0.510.